The first-order chi connectivity index (χ1) is 8.72. The van der Waals surface area contributed by atoms with Crippen LogP contribution in [0.1, 0.15) is 57.8 Å². The topological polar surface area (TPSA) is 49.3 Å². The number of nitrogens with one attached hydrogen (secondary N) is 1. The molecule has 0 radical (unpaired) electrons. The van der Waals surface area contributed by atoms with Gasteiger partial charge in [-0.3, -0.25) is 4.79 Å². The number of amides is 1. The zero-order valence-corrected chi connectivity index (χ0v) is 11.1. The van der Waals surface area contributed by atoms with Crippen LogP contribution < -0.4 is 5.32 Å². The summed E-state index contributed by atoms with van der Waals surface area (Å²) in [5.41, 5.74) is 0. The first kappa shape index (κ1) is 12.5. The molecule has 3 unspecified atom stereocenters. The molecular weight excluding hydrogens is 226 g/mol. The van der Waals surface area contributed by atoms with Gasteiger partial charge in [0.25, 0.3) is 0 Å². The number of aliphatic hydroxyl groups is 1. The highest BCUT2D eigenvalue weighted by Crippen LogP contribution is 2.49. The van der Waals surface area contributed by atoms with Crippen molar-refractivity contribution in [1.29, 1.82) is 0 Å². The standard InChI is InChI=1S/C15H25NO2/c17-14-4-2-1-3-13(14)16-15(18)9-12-8-10-5-6-11(12)7-10/h10-14,17H,1-9H2,(H,16,18)/t10?,11?,12?,13-,14-/m1/s1. The maximum Gasteiger partial charge on any atom is 0.220 e. The maximum absolute atomic E-state index is 12.1. The Morgan fingerprint density at radius 3 is 2.61 bits per heavy atom. The van der Waals surface area contributed by atoms with Gasteiger partial charge in [0.15, 0.2) is 0 Å². The van der Waals surface area contributed by atoms with Crippen molar-refractivity contribution in [2.24, 2.45) is 17.8 Å². The molecule has 3 heteroatoms. The number of hydrogen-bond donors (Lipinski definition) is 2. The highest BCUT2D eigenvalue weighted by molar-refractivity contribution is 5.76. The average Bonchev–Trinajstić information content (AvgIpc) is 2.94. The SMILES string of the molecule is O=C(CC1CC2CCC1C2)N[C@@H]1CCCC[C@H]1O. The largest absolute Gasteiger partial charge is 0.391 e. The van der Waals surface area contributed by atoms with Crippen LogP contribution in [0.15, 0.2) is 0 Å². The van der Waals surface area contributed by atoms with Gasteiger partial charge in [0.1, 0.15) is 0 Å². The van der Waals surface area contributed by atoms with E-state index in [2.05, 4.69) is 5.32 Å². The van der Waals surface area contributed by atoms with Crippen LogP contribution in [0.2, 0.25) is 0 Å². The lowest BCUT2D eigenvalue weighted by Crippen LogP contribution is -2.45. The Kier molecular flexibility index (Phi) is 3.60. The van der Waals surface area contributed by atoms with E-state index in [9.17, 15) is 9.90 Å². The molecule has 0 spiro atoms. The van der Waals surface area contributed by atoms with E-state index >= 15 is 0 Å². The molecule has 3 aliphatic carbocycles. The van der Waals surface area contributed by atoms with Crippen molar-refractivity contribution < 1.29 is 9.90 Å². The summed E-state index contributed by atoms with van der Waals surface area (Å²) in [6.07, 6.45) is 9.78. The summed E-state index contributed by atoms with van der Waals surface area (Å²) >= 11 is 0. The van der Waals surface area contributed by atoms with E-state index in [0.717, 1.165) is 37.5 Å². The molecule has 102 valence electrons. The second-order valence-electron chi connectivity index (χ2n) is 6.66. The normalized spacial score (nSPS) is 43.1. The van der Waals surface area contributed by atoms with E-state index in [0.29, 0.717) is 12.3 Å². The number of carbonyl (C=O) groups excluding carboxylic acids is 1. The highest BCUT2D eigenvalue weighted by Gasteiger charge is 2.40. The van der Waals surface area contributed by atoms with Gasteiger partial charge < -0.3 is 10.4 Å². The molecule has 0 saturated heterocycles. The molecule has 1 amide bonds. The van der Waals surface area contributed by atoms with Crippen molar-refractivity contribution >= 4 is 5.91 Å². The summed E-state index contributed by atoms with van der Waals surface area (Å²) in [5.74, 6) is 2.54. The summed E-state index contributed by atoms with van der Waals surface area (Å²) < 4.78 is 0. The third-order valence-corrected chi connectivity index (χ3v) is 5.41. The second-order valence-corrected chi connectivity index (χ2v) is 6.66. The Hall–Kier alpha value is -0.570. The van der Waals surface area contributed by atoms with Gasteiger partial charge in [-0.2, -0.15) is 0 Å². The summed E-state index contributed by atoms with van der Waals surface area (Å²) in [6.45, 7) is 0. The molecule has 3 fully saturated rings. The molecule has 0 aliphatic heterocycles. The van der Waals surface area contributed by atoms with Gasteiger partial charge >= 0.3 is 0 Å². The minimum Gasteiger partial charge on any atom is -0.391 e. The predicted octanol–water partition coefficient (Wildman–Crippen LogP) is 2.23. The van der Waals surface area contributed by atoms with E-state index < -0.39 is 0 Å². The van der Waals surface area contributed by atoms with Crippen LogP contribution in [0.25, 0.3) is 0 Å². The number of rotatable bonds is 3. The van der Waals surface area contributed by atoms with Crippen molar-refractivity contribution in [3.63, 3.8) is 0 Å². The maximum atomic E-state index is 12.1. The third kappa shape index (κ3) is 2.56. The van der Waals surface area contributed by atoms with Gasteiger partial charge in [0.2, 0.25) is 5.91 Å². The first-order valence-electron chi connectivity index (χ1n) is 7.70. The van der Waals surface area contributed by atoms with E-state index in [1.807, 2.05) is 0 Å². The number of fused-ring (bicyclic) bond motifs is 2. The molecule has 3 aliphatic rings. The monoisotopic (exact) mass is 251 g/mol. The second kappa shape index (κ2) is 5.20. The van der Waals surface area contributed by atoms with Gasteiger partial charge in [0.05, 0.1) is 12.1 Å². The van der Waals surface area contributed by atoms with Gasteiger partial charge in [0, 0.05) is 6.42 Å². The minimum absolute atomic E-state index is 0.0184. The third-order valence-electron chi connectivity index (χ3n) is 5.41. The quantitative estimate of drug-likeness (QED) is 0.808. The number of aliphatic hydroxyl groups excluding tert-OH is 1. The van der Waals surface area contributed by atoms with E-state index in [1.54, 1.807) is 0 Å². The molecule has 3 saturated carbocycles. The Balaban J connectivity index is 1.47. The molecule has 0 aromatic carbocycles. The molecule has 3 nitrogen and oxygen atoms in total. The van der Waals surface area contributed by atoms with Crippen molar-refractivity contribution in [2.75, 3.05) is 0 Å². The molecule has 2 bridgehead atoms. The molecule has 2 N–H and O–H groups in total. The Bertz CT molecular complexity index is 312. The lowest BCUT2D eigenvalue weighted by molar-refractivity contribution is -0.124. The molecule has 5 atom stereocenters. The van der Waals surface area contributed by atoms with E-state index in [1.165, 1.54) is 25.7 Å². The molecular formula is C15H25NO2. The van der Waals surface area contributed by atoms with Crippen LogP contribution >= 0.6 is 0 Å². The summed E-state index contributed by atoms with van der Waals surface area (Å²) in [5, 5.41) is 12.9. The van der Waals surface area contributed by atoms with Crippen molar-refractivity contribution in [3.05, 3.63) is 0 Å². The average molecular weight is 251 g/mol. The molecule has 0 heterocycles. The highest BCUT2D eigenvalue weighted by atomic mass is 16.3. The minimum atomic E-state index is -0.317. The van der Waals surface area contributed by atoms with Gasteiger partial charge in [-0.25, -0.2) is 0 Å². The summed E-state index contributed by atoms with van der Waals surface area (Å²) in [7, 11) is 0. The fraction of sp³-hybridized carbons (Fsp3) is 0.933. The number of carbonyl (C=O) groups is 1. The summed E-state index contributed by atoms with van der Waals surface area (Å²) in [4.78, 5) is 12.1. The van der Waals surface area contributed by atoms with Crippen LogP contribution in [0.4, 0.5) is 0 Å². The number of hydrogen-bond acceptors (Lipinski definition) is 2. The lowest BCUT2D eigenvalue weighted by Gasteiger charge is -2.29. The van der Waals surface area contributed by atoms with Crippen molar-refractivity contribution in [2.45, 2.75) is 69.9 Å². The first-order valence-corrected chi connectivity index (χ1v) is 7.70. The molecule has 18 heavy (non-hydrogen) atoms. The van der Waals surface area contributed by atoms with Gasteiger partial charge in [-0.1, -0.05) is 19.3 Å². The Morgan fingerprint density at radius 1 is 1.11 bits per heavy atom. The smallest absolute Gasteiger partial charge is 0.220 e. The Morgan fingerprint density at radius 2 is 1.94 bits per heavy atom. The van der Waals surface area contributed by atoms with Crippen LogP contribution in [0.5, 0.6) is 0 Å². The van der Waals surface area contributed by atoms with Gasteiger partial charge in [-0.15, -0.1) is 0 Å². The van der Waals surface area contributed by atoms with E-state index in [4.69, 9.17) is 0 Å². The lowest BCUT2D eigenvalue weighted by atomic mass is 9.86. The van der Waals surface area contributed by atoms with Crippen LogP contribution in [-0.4, -0.2) is 23.2 Å². The van der Waals surface area contributed by atoms with Crippen molar-refractivity contribution in [1.82, 2.24) is 5.32 Å². The Labute approximate surface area is 109 Å². The van der Waals surface area contributed by atoms with Crippen molar-refractivity contribution in [3.8, 4) is 0 Å². The van der Waals surface area contributed by atoms with E-state index in [-0.39, 0.29) is 18.1 Å². The van der Waals surface area contributed by atoms with Crippen LogP contribution in [-0.2, 0) is 4.79 Å². The zero-order valence-electron chi connectivity index (χ0n) is 11.1. The molecule has 0 aromatic heterocycles. The molecule has 3 rings (SSSR count). The molecule has 0 aromatic rings. The van der Waals surface area contributed by atoms with Crippen LogP contribution in [0.3, 0.4) is 0 Å². The fourth-order valence-electron chi connectivity index (χ4n) is 4.41. The zero-order chi connectivity index (χ0) is 12.5. The fourth-order valence-corrected chi connectivity index (χ4v) is 4.41. The predicted molar refractivity (Wildman–Crippen MR) is 70.0 cm³/mol. The summed E-state index contributed by atoms with van der Waals surface area (Å²) in [6, 6.07) is 0.0184. The van der Waals surface area contributed by atoms with Gasteiger partial charge in [-0.05, 0) is 49.9 Å². The van der Waals surface area contributed by atoms with Crippen LogP contribution in [0, 0.1) is 17.8 Å².